The van der Waals surface area contributed by atoms with Gasteiger partial charge in [-0.25, -0.2) is 4.99 Å². The quantitative estimate of drug-likeness (QED) is 0.655. The van der Waals surface area contributed by atoms with E-state index in [1.807, 2.05) is 36.4 Å². The second kappa shape index (κ2) is 9.16. The number of thioether (sulfide) groups is 1. The van der Waals surface area contributed by atoms with Crippen LogP contribution in [-0.4, -0.2) is 41.3 Å². The summed E-state index contributed by atoms with van der Waals surface area (Å²) in [5, 5.41) is 4.45. The Morgan fingerprint density at radius 2 is 1.75 bits per heavy atom. The van der Waals surface area contributed by atoms with Gasteiger partial charge in [-0.2, -0.15) is 0 Å². The maximum atomic E-state index is 12.7. The SMILES string of the molecule is O=C(CSC1=NC2(CCCCC2)N=C1c1ccc(Cl)cc1)Nc1ccc2c(c1)OCCO2. The number of benzene rings is 2. The van der Waals surface area contributed by atoms with Gasteiger partial charge in [-0.15, -0.1) is 0 Å². The minimum atomic E-state index is -0.373. The van der Waals surface area contributed by atoms with Gasteiger partial charge in [0.25, 0.3) is 0 Å². The van der Waals surface area contributed by atoms with Crippen LogP contribution in [0.1, 0.15) is 37.7 Å². The number of carbonyl (C=O) groups is 1. The van der Waals surface area contributed by atoms with Gasteiger partial charge in [0.15, 0.2) is 17.2 Å². The Bertz CT molecular complexity index is 1080. The average molecular weight is 470 g/mol. The topological polar surface area (TPSA) is 72.3 Å². The van der Waals surface area contributed by atoms with Crippen molar-refractivity contribution in [3.8, 4) is 11.5 Å². The Labute approximate surface area is 196 Å². The largest absolute Gasteiger partial charge is 0.486 e. The summed E-state index contributed by atoms with van der Waals surface area (Å²) in [7, 11) is 0. The molecule has 2 aromatic rings. The predicted molar refractivity (Wildman–Crippen MR) is 130 cm³/mol. The molecule has 1 saturated carbocycles. The summed E-state index contributed by atoms with van der Waals surface area (Å²) >= 11 is 7.51. The maximum absolute atomic E-state index is 12.7. The first kappa shape index (κ1) is 21.3. The van der Waals surface area contributed by atoms with Crippen molar-refractivity contribution in [2.75, 3.05) is 24.3 Å². The first-order valence-electron chi connectivity index (χ1n) is 10.9. The number of nitrogens with one attached hydrogen (secondary N) is 1. The first-order chi connectivity index (χ1) is 15.6. The van der Waals surface area contributed by atoms with E-state index in [0.717, 1.165) is 42.0 Å². The third kappa shape index (κ3) is 4.64. The fourth-order valence-corrected chi connectivity index (χ4v) is 5.21. The second-order valence-corrected chi connectivity index (χ2v) is 9.52. The summed E-state index contributed by atoms with van der Waals surface area (Å²) in [6.45, 7) is 1.05. The van der Waals surface area contributed by atoms with Gasteiger partial charge in [0.1, 0.15) is 18.3 Å². The van der Waals surface area contributed by atoms with Crippen molar-refractivity contribution in [2.45, 2.75) is 37.8 Å². The minimum Gasteiger partial charge on any atom is -0.486 e. The molecular weight excluding hydrogens is 446 g/mol. The van der Waals surface area contributed by atoms with Crippen molar-refractivity contribution in [2.24, 2.45) is 9.98 Å². The van der Waals surface area contributed by atoms with Crippen LogP contribution in [-0.2, 0) is 4.79 Å². The summed E-state index contributed by atoms with van der Waals surface area (Å²) in [4.78, 5) is 22.8. The van der Waals surface area contributed by atoms with Crippen LogP contribution in [0.5, 0.6) is 11.5 Å². The highest BCUT2D eigenvalue weighted by Crippen LogP contribution is 2.39. The zero-order valence-corrected chi connectivity index (χ0v) is 19.2. The van der Waals surface area contributed by atoms with Gasteiger partial charge in [0, 0.05) is 22.3 Å². The van der Waals surface area contributed by atoms with Crippen LogP contribution in [0.3, 0.4) is 0 Å². The summed E-state index contributed by atoms with van der Waals surface area (Å²) in [6.07, 6.45) is 5.39. The van der Waals surface area contributed by atoms with Gasteiger partial charge < -0.3 is 14.8 Å². The molecule has 0 saturated heterocycles. The van der Waals surface area contributed by atoms with Crippen LogP contribution >= 0.6 is 23.4 Å². The number of carbonyl (C=O) groups excluding carboxylic acids is 1. The number of anilines is 1. The van der Waals surface area contributed by atoms with E-state index in [-0.39, 0.29) is 17.3 Å². The fraction of sp³-hybridized carbons (Fsp3) is 0.375. The van der Waals surface area contributed by atoms with Gasteiger partial charge in [-0.3, -0.25) is 9.79 Å². The molecular formula is C24H24ClN3O3S. The molecule has 166 valence electrons. The normalized spacial score (nSPS) is 18.8. The number of rotatable bonds is 4. The zero-order chi connectivity index (χ0) is 22.0. The van der Waals surface area contributed by atoms with E-state index in [1.54, 1.807) is 6.07 Å². The molecule has 2 aliphatic heterocycles. The lowest BCUT2D eigenvalue weighted by atomic mass is 9.90. The van der Waals surface area contributed by atoms with Crippen LogP contribution in [0, 0.1) is 0 Å². The Balaban J connectivity index is 1.29. The van der Waals surface area contributed by atoms with Gasteiger partial charge in [-0.1, -0.05) is 41.9 Å². The van der Waals surface area contributed by atoms with Crippen molar-refractivity contribution in [1.82, 2.24) is 0 Å². The number of hydrogen-bond donors (Lipinski definition) is 1. The zero-order valence-electron chi connectivity index (χ0n) is 17.6. The molecule has 8 heteroatoms. The molecule has 2 aromatic carbocycles. The van der Waals surface area contributed by atoms with Crippen LogP contribution in [0.15, 0.2) is 52.4 Å². The molecule has 6 nitrogen and oxygen atoms in total. The number of amides is 1. The summed E-state index contributed by atoms with van der Waals surface area (Å²) in [6, 6.07) is 13.1. The molecule has 0 unspecified atom stereocenters. The Morgan fingerprint density at radius 3 is 2.53 bits per heavy atom. The molecule has 5 rings (SSSR count). The molecule has 1 spiro atoms. The van der Waals surface area contributed by atoms with Crippen molar-refractivity contribution < 1.29 is 14.3 Å². The first-order valence-corrected chi connectivity index (χ1v) is 12.2. The monoisotopic (exact) mass is 469 g/mol. The van der Waals surface area contributed by atoms with Crippen molar-refractivity contribution >= 4 is 45.7 Å². The Hall–Kier alpha value is -2.51. The molecule has 0 atom stereocenters. The molecule has 0 radical (unpaired) electrons. The number of halogens is 1. The number of hydrogen-bond acceptors (Lipinski definition) is 6. The highest BCUT2D eigenvalue weighted by molar-refractivity contribution is 8.16. The maximum Gasteiger partial charge on any atom is 0.234 e. The smallest absolute Gasteiger partial charge is 0.234 e. The molecule has 32 heavy (non-hydrogen) atoms. The highest BCUT2D eigenvalue weighted by atomic mass is 35.5. The predicted octanol–water partition coefficient (Wildman–Crippen LogP) is 5.34. The Morgan fingerprint density at radius 1 is 1.00 bits per heavy atom. The Kier molecular flexibility index (Phi) is 6.11. The van der Waals surface area contributed by atoms with E-state index in [2.05, 4.69) is 5.32 Å². The molecule has 1 N–H and O–H groups in total. The lowest BCUT2D eigenvalue weighted by molar-refractivity contribution is -0.113. The standard InChI is InChI=1S/C24H24ClN3O3S/c25-17-6-4-16(5-7-17)22-23(28-24(27-22)10-2-1-3-11-24)32-15-21(29)26-18-8-9-19-20(14-18)31-13-12-30-19/h4-9,14H,1-3,10-13,15H2,(H,26,29). The number of aliphatic imine (C=N–C) groups is 2. The van der Waals surface area contributed by atoms with Gasteiger partial charge in [-0.05, 0) is 49.9 Å². The molecule has 1 aliphatic carbocycles. The van der Waals surface area contributed by atoms with Gasteiger partial charge >= 0.3 is 0 Å². The second-order valence-electron chi connectivity index (χ2n) is 8.12. The van der Waals surface area contributed by atoms with Crippen LogP contribution in [0.4, 0.5) is 5.69 Å². The van der Waals surface area contributed by atoms with Crippen molar-refractivity contribution in [1.29, 1.82) is 0 Å². The third-order valence-electron chi connectivity index (χ3n) is 5.77. The molecule has 0 bridgehead atoms. The lowest BCUT2D eigenvalue weighted by Gasteiger charge is -2.27. The minimum absolute atomic E-state index is 0.102. The van der Waals surface area contributed by atoms with E-state index in [9.17, 15) is 4.79 Å². The average Bonchev–Trinajstić information content (AvgIpc) is 3.16. The summed E-state index contributed by atoms with van der Waals surface area (Å²) < 4.78 is 11.1. The van der Waals surface area contributed by atoms with Crippen LogP contribution in [0.2, 0.25) is 5.02 Å². The molecule has 0 aromatic heterocycles. The van der Waals surface area contributed by atoms with E-state index in [1.165, 1.54) is 18.2 Å². The fourth-order valence-electron chi connectivity index (χ4n) is 4.21. The van der Waals surface area contributed by atoms with E-state index < -0.39 is 0 Å². The van der Waals surface area contributed by atoms with Gasteiger partial charge in [0.2, 0.25) is 5.91 Å². The molecule has 3 aliphatic rings. The van der Waals surface area contributed by atoms with E-state index in [0.29, 0.717) is 35.4 Å². The highest BCUT2D eigenvalue weighted by Gasteiger charge is 2.37. The number of nitrogens with zero attached hydrogens (tertiary/aromatic N) is 2. The van der Waals surface area contributed by atoms with Crippen molar-refractivity contribution in [3.05, 3.63) is 53.1 Å². The summed E-state index contributed by atoms with van der Waals surface area (Å²) in [5.74, 6) is 1.49. The van der Waals surface area contributed by atoms with Gasteiger partial charge in [0.05, 0.1) is 11.5 Å². The number of ether oxygens (including phenoxy) is 2. The van der Waals surface area contributed by atoms with E-state index >= 15 is 0 Å². The van der Waals surface area contributed by atoms with Crippen LogP contribution < -0.4 is 14.8 Å². The van der Waals surface area contributed by atoms with E-state index in [4.69, 9.17) is 31.1 Å². The third-order valence-corrected chi connectivity index (χ3v) is 6.99. The molecule has 2 heterocycles. The van der Waals surface area contributed by atoms with Crippen LogP contribution in [0.25, 0.3) is 0 Å². The summed E-state index contributed by atoms with van der Waals surface area (Å²) in [5.41, 5.74) is 2.15. The molecule has 1 fully saturated rings. The lowest BCUT2D eigenvalue weighted by Crippen LogP contribution is -2.25. The number of fused-ring (bicyclic) bond motifs is 1. The van der Waals surface area contributed by atoms with Crippen molar-refractivity contribution in [3.63, 3.8) is 0 Å². The molecule has 1 amide bonds.